The molecule has 8 nitrogen and oxygen atoms in total. The molecule has 0 saturated carbocycles. The number of benzene rings is 2. The molecule has 0 unspecified atom stereocenters. The third kappa shape index (κ3) is 3.81. The number of hydrogen-bond acceptors (Lipinski definition) is 8. The average Bonchev–Trinajstić information content (AvgIpc) is 3.33. The van der Waals surface area contributed by atoms with Gasteiger partial charge >= 0.3 is 5.91 Å². The molecule has 0 spiro atoms. The third-order valence-corrected chi connectivity index (χ3v) is 5.01. The number of hydrogen-bond donors (Lipinski definition) is 2. The first-order valence-electron chi connectivity index (χ1n) is 8.68. The number of phenols is 1. The zero-order valence-electron chi connectivity index (χ0n) is 15.7. The van der Waals surface area contributed by atoms with Crippen molar-refractivity contribution in [3.63, 3.8) is 0 Å². The van der Waals surface area contributed by atoms with Crippen LogP contribution in [0.4, 0.5) is 10.8 Å². The molecule has 2 N–H and O–H groups in total. The van der Waals surface area contributed by atoms with Crippen molar-refractivity contribution in [1.29, 1.82) is 0 Å². The van der Waals surface area contributed by atoms with Gasteiger partial charge in [-0.2, -0.15) is 15.2 Å². The Morgan fingerprint density at radius 2 is 2.00 bits per heavy atom. The molecule has 0 aliphatic carbocycles. The molecule has 1 aliphatic heterocycles. The second kappa shape index (κ2) is 7.72. The summed E-state index contributed by atoms with van der Waals surface area (Å²) in [6.07, 6.45) is 0. The first-order chi connectivity index (χ1) is 14.0. The van der Waals surface area contributed by atoms with Crippen LogP contribution in [0.15, 0.2) is 64.1 Å². The molecule has 1 aliphatic rings. The number of amides is 1. The van der Waals surface area contributed by atoms with Crippen molar-refractivity contribution in [1.82, 2.24) is 4.98 Å². The lowest BCUT2D eigenvalue weighted by molar-refractivity contribution is -0.112. The summed E-state index contributed by atoms with van der Waals surface area (Å²) in [6.45, 7) is 1.71. The number of hydrazone groups is 2. The minimum Gasteiger partial charge on any atom is -0.508 e. The number of nitrogens with one attached hydrogen (secondary N) is 1. The van der Waals surface area contributed by atoms with Crippen LogP contribution in [0.5, 0.6) is 11.5 Å². The smallest absolute Gasteiger partial charge is 0.303 e. The minimum atomic E-state index is -0.361. The van der Waals surface area contributed by atoms with Crippen molar-refractivity contribution in [3.8, 4) is 22.8 Å². The van der Waals surface area contributed by atoms with E-state index in [1.807, 2.05) is 29.6 Å². The van der Waals surface area contributed by atoms with Gasteiger partial charge in [0, 0.05) is 10.9 Å². The zero-order chi connectivity index (χ0) is 20.4. The van der Waals surface area contributed by atoms with Gasteiger partial charge in [-0.3, -0.25) is 10.2 Å². The number of ether oxygens (including phenoxy) is 1. The van der Waals surface area contributed by atoms with E-state index >= 15 is 0 Å². The van der Waals surface area contributed by atoms with Crippen LogP contribution in [-0.2, 0) is 4.79 Å². The number of nitrogens with zero attached hydrogens (tertiary/aromatic N) is 4. The van der Waals surface area contributed by atoms with Crippen LogP contribution >= 0.6 is 11.3 Å². The van der Waals surface area contributed by atoms with E-state index in [-0.39, 0.29) is 17.4 Å². The van der Waals surface area contributed by atoms with Gasteiger partial charge < -0.3 is 9.84 Å². The lowest BCUT2D eigenvalue weighted by Gasteiger charge is -2.07. The summed E-state index contributed by atoms with van der Waals surface area (Å²) in [6, 6.07) is 13.9. The second-order valence-corrected chi connectivity index (χ2v) is 7.01. The Hall–Kier alpha value is -3.72. The molecule has 2 aromatic carbocycles. The molecule has 2 heterocycles. The summed E-state index contributed by atoms with van der Waals surface area (Å²) in [5.74, 6) is 0.526. The van der Waals surface area contributed by atoms with Crippen LogP contribution in [-0.4, -0.2) is 34.5 Å². The molecule has 3 aromatic rings. The Labute approximate surface area is 170 Å². The number of rotatable bonds is 5. The van der Waals surface area contributed by atoms with E-state index in [0.29, 0.717) is 16.5 Å². The molecule has 1 aromatic heterocycles. The van der Waals surface area contributed by atoms with Crippen LogP contribution in [0, 0.1) is 0 Å². The molecule has 4 rings (SSSR count). The fourth-order valence-electron chi connectivity index (χ4n) is 2.69. The van der Waals surface area contributed by atoms with Gasteiger partial charge in [0.2, 0.25) is 5.13 Å². The molecule has 1 amide bonds. The van der Waals surface area contributed by atoms with Gasteiger partial charge in [0.15, 0.2) is 5.71 Å². The predicted molar refractivity (Wildman–Crippen MR) is 114 cm³/mol. The molecule has 0 saturated heterocycles. The summed E-state index contributed by atoms with van der Waals surface area (Å²) in [5.41, 5.74) is 5.77. The van der Waals surface area contributed by atoms with Crippen LogP contribution in [0.3, 0.4) is 0 Å². The van der Waals surface area contributed by atoms with Gasteiger partial charge in [0.25, 0.3) is 0 Å². The second-order valence-electron chi connectivity index (χ2n) is 6.17. The number of aromatic hydroxyl groups is 1. The minimum absolute atomic E-state index is 0.152. The predicted octanol–water partition coefficient (Wildman–Crippen LogP) is 3.71. The number of anilines is 2. The van der Waals surface area contributed by atoms with Crippen molar-refractivity contribution in [3.05, 3.63) is 53.9 Å². The lowest BCUT2D eigenvalue weighted by atomic mass is 10.2. The fraction of sp³-hybridized carbons (Fsp3) is 0.100. The number of phenolic OH excluding ortho intramolecular Hbond substituents is 1. The quantitative estimate of drug-likeness (QED) is 0.496. The molecule has 29 heavy (non-hydrogen) atoms. The highest BCUT2D eigenvalue weighted by atomic mass is 32.1. The molecule has 0 radical (unpaired) electrons. The molecule has 0 bridgehead atoms. The first-order valence-corrected chi connectivity index (χ1v) is 9.56. The topological polar surface area (TPSA) is 99.4 Å². The van der Waals surface area contributed by atoms with E-state index in [2.05, 4.69) is 20.6 Å². The van der Waals surface area contributed by atoms with Crippen LogP contribution in [0.25, 0.3) is 11.3 Å². The van der Waals surface area contributed by atoms with Gasteiger partial charge in [-0.25, -0.2) is 4.98 Å². The lowest BCUT2D eigenvalue weighted by Crippen LogP contribution is -2.27. The van der Waals surface area contributed by atoms with Gasteiger partial charge in [0.05, 0.1) is 24.2 Å². The van der Waals surface area contributed by atoms with Crippen LogP contribution < -0.4 is 15.2 Å². The zero-order valence-corrected chi connectivity index (χ0v) is 16.5. The normalized spacial score (nSPS) is 15.0. The van der Waals surface area contributed by atoms with Gasteiger partial charge in [0.1, 0.15) is 11.5 Å². The number of methoxy groups -OCH3 is 1. The largest absolute Gasteiger partial charge is 0.508 e. The molecular weight excluding hydrogens is 390 g/mol. The Kier molecular flexibility index (Phi) is 4.96. The summed E-state index contributed by atoms with van der Waals surface area (Å²) >= 11 is 1.32. The summed E-state index contributed by atoms with van der Waals surface area (Å²) in [7, 11) is 1.61. The van der Waals surface area contributed by atoms with Crippen LogP contribution in [0.1, 0.15) is 6.92 Å². The summed E-state index contributed by atoms with van der Waals surface area (Å²) in [5, 5.41) is 21.4. The van der Waals surface area contributed by atoms with E-state index in [1.165, 1.54) is 28.5 Å². The van der Waals surface area contributed by atoms with E-state index < -0.39 is 0 Å². The number of carbonyl (C=O) groups is 1. The average molecular weight is 407 g/mol. The highest BCUT2D eigenvalue weighted by Gasteiger charge is 2.32. The Morgan fingerprint density at radius 1 is 1.21 bits per heavy atom. The standard InChI is InChI=1S/C20H17N5O3S/c1-12-18(23-22-14-6-8-15(26)9-7-14)19(27)25(24-12)20-21-17(11-29-20)13-4-3-5-16(10-13)28-2/h3-11,22,26H,1-2H3. The van der Waals surface area contributed by atoms with Crippen molar-refractivity contribution >= 4 is 39.5 Å². The van der Waals surface area contributed by atoms with Crippen molar-refractivity contribution in [2.45, 2.75) is 6.92 Å². The van der Waals surface area contributed by atoms with Gasteiger partial charge in [-0.05, 0) is 43.3 Å². The van der Waals surface area contributed by atoms with E-state index in [4.69, 9.17) is 4.74 Å². The molecule has 9 heteroatoms. The summed E-state index contributed by atoms with van der Waals surface area (Å²) in [4.78, 5) is 17.3. The SMILES string of the molecule is COc1cccc(-c2csc(N3N=C(C)C(=NNc4ccc(O)cc4)C3=O)n2)c1. The van der Waals surface area contributed by atoms with Crippen molar-refractivity contribution in [2.75, 3.05) is 17.5 Å². The Morgan fingerprint density at radius 3 is 2.76 bits per heavy atom. The molecular formula is C20H17N5O3S. The third-order valence-electron chi connectivity index (χ3n) is 4.19. The maximum atomic E-state index is 12.8. The molecule has 0 atom stereocenters. The highest BCUT2D eigenvalue weighted by Crippen LogP contribution is 2.31. The number of carbonyl (C=O) groups excluding carboxylic acids is 1. The van der Waals surface area contributed by atoms with Crippen molar-refractivity contribution in [2.24, 2.45) is 10.2 Å². The Bertz CT molecular complexity index is 1120. The van der Waals surface area contributed by atoms with Gasteiger partial charge in [-0.1, -0.05) is 12.1 Å². The van der Waals surface area contributed by atoms with E-state index in [9.17, 15) is 9.90 Å². The number of thiazole rings is 1. The van der Waals surface area contributed by atoms with Gasteiger partial charge in [-0.15, -0.1) is 11.3 Å². The maximum Gasteiger partial charge on any atom is 0.303 e. The molecule has 146 valence electrons. The van der Waals surface area contributed by atoms with Crippen LogP contribution in [0.2, 0.25) is 0 Å². The monoisotopic (exact) mass is 407 g/mol. The Balaban J connectivity index is 1.54. The summed E-state index contributed by atoms with van der Waals surface area (Å²) < 4.78 is 5.25. The van der Waals surface area contributed by atoms with E-state index in [1.54, 1.807) is 26.2 Å². The van der Waals surface area contributed by atoms with E-state index in [0.717, 1.165) is 17.0 Å². The number of aromatic nitrogens is 1. The first kappa shape index (κ1) is 18.6. The maximum absolute atomic E-state index is 12.8. The molecule has 0 fully saturated rings. The van der Waals surface area contributed by atoms with Crippen molar-refractivity contribution < 1.29 is 14.6 Å². The highest BCUT2D eigenvalue weighted by molar-refractivity contribution is 7.14. The fourth-order valence-corrected chi connectivity index (χ4v) is 3.47.